The summed E-state index contributed by atoms with van der Waals surface area (Å²) in [7, 11) is 0. The van der Waals surface area contributed by atoms with Crippen LogP contribution in [0.5, 0.6) is 5.75 Å². The third-order valence-electron chi connectivity index (χ3n) is 8.66. The van der Waals surface area contributed by atoms with E-state index in [1.165, 1.54) is 11.3 Å². The number of ether oxygens (including phenoxy) is 1. The Morgan fingerprint density at radius 1 is 1.12 bits per heavy atom. The average Bonchev–Trinajstić information content (AvgIpc) is 3.33. The Morgan fingerprint density at radius 2 is 1.95 bits per heavy atom. The highest BCUT2D eigenvalue weighted by Crippen LogP contribution is 2.49. The maximum atomic E-state index is 13.7. The summed E-state index contributed by atoms with van der Waals surface area (Å²) in [6.45, 7) is 5.28. The van der Waals surface area contributed by atoms with E-state index in [1.54, 1.807) is 6.20 Å². The summed E-state index contributed by atoms with van der Waals surface area (Å²) in [5, 5.41) is 7.78. The molecule has 3 aliphatic rings. The standard InChI is InChI=1S/C33H34N4O3S/c1-21-6-7-24(40-20-23-10-14-34-23)19-26(21)31(38)36-33(11-12-33)27-17-22(18-28-25(27)5-4-13-35-28)29-8-9-30(41-29)32(39)37-15-2-3-16-37/h4-9,13,17-19,23,34H,2-3,10-12,14-16,20H2,1H3,(H,36,38). The van der Waals surface area contributed by atoms with E-state index in [0.717, 1.165) is 89.1 Å². The number of hydrogen-bond donors (Lipinski definition) is 2. The Balaban J connectivity index is 1.18. The first-order chi connectivity index (χ1) is 20.0. The van der Waals surface area contributed by atoms with Gasteiger partial charge < -0.3 is 20.3 Å². The van der Waals surface area contributed by atoms with Crippen LogP contribution in [0.4, 0.5) is 0 Å². The van der Waals surface area contributed by atoms with Gasteiger partial charge >= 0.3 is 0 Å². The Hall–Kier alpha value is -3.75. The van der Waals surface area contributed by atoms with Crippen molar-refractivity contribution in [2.75, 3.05) is 26.2 Å². The van der Waals surface area contributed by atoms with Crippen molar-refractivity contribution in [3.8, 4) is 16.2 Å². The third kappa shape index (κ3) is 5.11. The number of benzene rings is 2. The Bertz CT molecular complexity index is 1630. The molecular formula is C33H34N4O3S. The first kappa shape index (κ1) is 26.2. The lowest BCUT2D eigenvalue weighted by Crippen LogP contribution is -2.46. The smallest absolute Gasteiger partial charge is 0.263 e. The summed E-state index contributed by atoms with van der Waals surface area (Å²) in [5.74, 6) is 0.742. The van der Waals surface area contributed by atoms with Crippen LogP contribution >= 0.6 is 11.3 Å². The highest BCUT2D eigenvalue weighted by atomic mass is 32.1. The lowest BCUT2D eigenvalue weighted by Gasteiger charge is -2.27. The van der Waals surface area contributed by atoms with Crippen LogP contribution in [0.15, 0.2) is 60.8 Å². The van der Waals surface area contributed by atoms with Crippen molar-refractivity contribution in [3.63, 3.8) is 0 Å². The number of aromatic nitrogens is 1. The lowest BCUT2D eigenvalue weighted by molar-refractivity contribution is 0.0797. The van der Waals surface area contributed by atoms with E-state index in [4.69, 9.17) is 4.74 Å². The van der Waals surface area contributed by atoms with E-state index in [2.05, 4.69) is 33.8 Å². The summed E-state index contributed by atoms with van der Waals surface area (Å²) in [5.41, 5.74) is 4.08. The van der Waals surface area contributed by atoms with Gasteiger partial charge in [0.1, 0.15) is 12.4 Å². The van der Waals surface area contributed by atoms with Crippen LogP contribution in [0.2, 0.25) is 0 Å². The molecule has 1 saturated carbocycles. The second-order valence-electron chi connectivity index (χ2n) is 11.5. The number of thiophene rings is 1. The van der Waals surface area contributed by atoms with Crippen molar-refractivity contribution in [1.29, 1.82) is 0 Å². The van der Waals surface area contributed by atoms with Crippen LogP contribution in [0.1, 0.15) is 63.3 Å². The molecule has 2 N–H and O–H groups in total. The summed E-state index contributed by atoms with van der Waals surface area (Å²) >= 11 is 1.53. The second-order valence-corrected chi connectivity index (χ2v) is 12.6. The number of rotatable bonds is 8. The minimum Gasteiger partial charge on any atom is -0.492 e. The summed E-state index contributed by atoms with van der Waals surface area (Å²) in [6, 6.07) is 18.4. The highest BCUT2D eigenvalue weighted by Gasteiger charge is 2.47. The normalized spacial score (nSPS) is 19.1. The number of aryl methyl sites for hydroxylation is 1. The molecule has 7 rings (SSSR count). The topological polar surface area (TPSA) is 83.6 Å². The van der Waals surface area contributed by atoms with Gasteiger partial charge in [0.15, 0.2) is 0 Å². The van der Waals surface area contributed by atoms with Crippen LogP contribution in [-0.4, -0.2) is 54.0 Å². The number of carbonyl (C=O) groups is 2. The van der Waals surface area contributed by atoms with Gasteiger partial charge in [-0.2, -0.15) is 0 Å². The van der Waals surface area contributed by atoms with Gasteiger partial charge in [0, 0.05) is 41.2 Å². The van der Waals surface area contributed by atoms with Gasteiger partial charge in [0.05, 0.1) is 15.9 Å². The Morgan fingerprint density at radius 3 is 2.71 bits per heavy atom. The van der Waals surface area contributed by atoms with Gasteiger partial charge in [-0.3, -0.25) is 14.6 Å². The first-order valence-corrected chi connectivity index (χ1v) is 15.4. The zero-order valence-electron chi connectivity index (χ0n) is 23.2. The molecule has 1 aliphatic carbocycles. The fraction of sp³-hybridized carbons (Fsp3) is 0.364. The Labute approximate surface area is 243 Å². The van der Waals surface area contributed by atoms with E-state index in [1.807, 2.05) is 48.2 Å². The second kappa shape index (κ2) is 10.6. The van der Waals surface area contributed by atoms with Crippen molar-refractivity contribution in [2.24, 2.45) is 0 Å². The summed E-state index contributed by atoms with van der Waals surface area (Å²) < 4.78 is 5.98. The van der Waals surface area contributed by atoms with E-state index in [0.29, 0.717) is 24.0 Å². The summed E-state index contributed by atoms with van der Waals surface area (Å²) in [6.07, 6.45) is 6.79. The molecule has 2 amide bonds. The van der Waals surface area contributed by atoms with Crippen LogP contribution in [0, 0.1) is 6.92 Å². The molecule has 0 radical (unpaired) electrons. The van der Waals surface area contributed by atoms with E-state index in [-0.39, 0.29) is 11.8 Å². The van der Waals surface area contributed by atoms with Crippen molar-refractivity contribution >= 4 is 34.1 Å². The maximum absolute atomic E-state index is 13.7. The number of pyridine rings is 1. The van der Waals surface area contributed by atoms with Gasteiger partial charge in [-0.05, 0) is 105 Å². The molecule has 3 fully saturated rings. The van der Waals surface area contributed by atoms with Crippen LogP contribution in [0.3, 0.4) is 0 Å². The quantitative estimate of drug-likeness (QED) is 0.287. The minimum atomic E-state index is -0.459. The van der Waals surface area contributed by atoms with E-state index < -0.39 is 5.54 Å². The zero-order chi connectivity index (χ0) is 28.0. The number of nitrogens with zero attached hydrogens (tertiary/aromatic N) is 2. The molecule has 2 aromatic heterocycles. The van der Waals surface area contributed by atoms with Crippen molar-refractivity contribution in [2.45, 2.75) is 50.6 Å². The SMILES string of the molecule is Cc1ccc(OCC2CCN2)cc1C(=O)NC1(c2cc(-c3ccc(C(=O)N4CCCC4)s3)cc3ncccc23)CC1. The predicted molar refractivity (Wildman–Crippen MR) is 162 cm³/mol. The molecule has 2 aromatic carbocycles. The van der Waals surface area contributed by atoms with Crippen LogP contribution in [0.25, 0.3) is 21.3 Å². The third-order valence-corrected chi connectivity index (χ3v) is 9.79. The average molecular weight is 567 g/mol. The van der Waals surface area contributed by atoms with Gasteiger partial charge in [0.25, 0.3) is 11.8 Å². The lowest BCUT2D eigenvalue weighted by atomic mass is 9.95. The molecule has 2 saturated heterocycles. The number of nitrogens with one attached hydrogen (secondary N) is 2. The fourth-order valence-corrected chi connectivity index (χ4v) is 6.86. The number of amides is 2. The number of fused-ring (bicyclic) bond motifs is 1. The summed E-state index contributed by atoms with van der Waals surface area (Å²) in [4.78, 5) is 35.1. The van der Waals surface area contributed by atoms with Gasteiger partial charge in [-0.25, -0.2) is 0 Å². The zero-order valence-corrected chi connectivity index (χ0v) is 24.1. The van der Waals surface area contributed by atoms with Crippen molar-refractivity contribution in [1.82, 2.24) is 20.5 Å². The molecule has 0 spiro atoms. The molecule has 1 unspecified atom stereocenters. The fourth-order valence-electron chi connectivity index (χ4n) is 5.90. The molecule has 0 bridgehead atoms. The number of hydrogen-bond acceptors (Lipinski definition) is 6. The van der Waals surface area contributed by atoms with E-state index in [9.17, 15) is 9.59 Å². The molecule has 8 heteroatoms. The van der Waals surface area contributed by atoms with Crippen LogP contribution < -0.4 is 15.4 Å². The predicted octanol–water partition coefficient (Wildman–Crippen LogP) is 5.67. The van der Waals surface area contributed by atoms with Gasteiger partial charge in [-0.15, -0.1) is 11.3 Å². The van der Waals surface area contributed by atoms with Gasteiger partial charge in [-0.1, -0.05) is 12.1 Å². The highest BCUT2D eigenvalue weighted by molar-refractivity contribution is 7.17. The van der Waals surface area contributed by atoms with E-state index >= 15 is 0 Å². The van der Waals surface area contributed by atoms with Crippen molar-refractivity contribution in [3.05, 3.63) is 82.4 Å². The largest absolute Gasteiger partial charge is 0.492 e. The first-order valence-electron chi connectivity index (χ1n) is 14.6. The molecule has 41 heavy (non-hydrogen) atoms. The number of carbonyl (C=O) groups excluding carboxylic acids is 2. The molecule has 210 valence electrons. The number of likely N-dealkylation sites (tertiary alicyclic amines) is 1. The molecule has 4 aromatic rings. The van der Waals surface area contributed by atoms with Gasteiger partial charge in [0.2, 0.25) is 0 Å². The molecule has 1 atom stereocenters. The minimum absolute atomic E-state index is 0.0933. The monoisotopic (exact) mass is 566 g/mol. The molecule has 2 aliphatic heterocycles. The maximum Gasteiger partial charge on any atom is 0.263 e. The Kier molecular flexibility index (Phi) is 6.75. The van der Waals surface area contributed by atoms with Crippen molar-refractivity contribution < 1.29 is 14.3 Å². The van der Waals surface area contributed by atoms with Crippen LogP contribution in [-0.2, 0) is 5.54 Å². The molecular weight excluding hydrogens is 532 g/mol. The molecule has 4 heterocycles. The molecule has 7 nitrogen and oxygen atoms in total.